The Hall–Kier alpha value is -3.69. The number of aliphatic carboxylic acids is 1. The van der Waals surface area contributed by atoms with Crippen LogP contribution in [0, 0.1) is 0 Å². The second kappa shape index (κ2) is 11.8. The van der Waals surface area contributed by atoms with Crippen molar-refractivity contribution < 1.29 is 24.2 Å². The fraction of sp³-hybridized carbons (Fsp3) is 0.435. The monoisotopic (exact) mass is 455 g/mol. The molecule has 0 aromatic carbocycles. The minimum Gasteiger partial charge on any atom is -0.481 e. The Bertz CT molecular complexity index is 969. The van der Waals surface area contributed by atoms with E-state index in [0.717, 1.165) is 30.5 Å². The van der Waals surface area contributed by atoms with Crippen LogP contribution in [-0.4, -0.2) is 76.1 Å². The molecule has 4 rings (SSSR count). The number of ether oxygens (including phenoxy) is 1. The van der Waals surface area contributed by atoms with E-state index >= 15 is 0 Å². The third-order valence-electron chi connectivity index (χ3n) is 5.40. The van der Waals surface area contributed by atoms with Crippen molar-refractivity contribution >= 4 is 23.7 Å². The predicted octanol–water partition coefficient (Wildman–Crippen LogP) is 2.20. The molecule has 2 aromatic rings. The third-order valence-corrected chi connectivity index (χ3v) is 5.40. The van der Waals surface area contributed by atoms with Crippen LogP contribution in [0.2, 0.25) is 0 Å². The molecular formula is C23H29N5O5. The van der Waals surface area contributed by atoms with Gasteiger partial charge in [0, 0.05) is 50.6 Å². The van der Waals surface area contributed by atoms with Crippen LogP contribution in [0.4, 0.5) is 10.6 Å². The number of aromatic nitrogens is 2. The van der Waals surface area contributed by atoms with Gasteiger partial charge in [0.25, 0.3) is 0 Å². The quantitative estimate of drug-likeness (QED) is 0.625. The molecule has 10 nitrogen and oxygen atoms in total. The lowest BCUT2D eigenvalue weighted by Crippen LogP contribution is -2.33. The van der Waals surface area contributed by atoms with Crippen molar-refractivity contribution in [1.29, 1.82) is 0 Å². The van der Waals surface area contributed by atoms with Gasteiger partial charge in [-0.1, -0.05) is 12.1 Å². The number of nitrogens with zero attached hydrogens (tertiary/aromatic N) is 4. The highest BCUT2D eigenvalue weighted by molar-refractivity contribution is 5.92. The van der Waals surface area contributed by atoms with Crippen LogP contribution in [0.3, 0.4) is 0 Å². The van der Waals surface area contributed by atoms with E-state index < -0.39 is 5.97 Å². The molecule has 2 aliphatic heterocycles. The van der Waals surface area contributed by atoms with Crippen LogP contribution in [0.5, 0.6) is 5.88 Å². The summed E-state index contributed by atoms with van der Waals surface area (Å²) in [6.07, 6.45) is 4.40. The first-order valence-electron chi connectivity index (χ1n) is 11.0. The maximum absolute atomic E-state index is 12.2. The standard InChI is InChI=1S/C17H22N4O4.C6H7NO/c22-14-6-4-12-3-5-13(18-16(12)19-14)2-1-8-20-10-11-21(17(20)25)9-7-15(23)24;1-8-6-4-2-3-5-7-6/h3,5H,1-2,4,6-11H2,(H,23,24)(H,18,19,22);2-5H,1H3. The smallest absolute Gasteiger partial charge is 0.320 e. The van der Waals surface area contributed by atoms with Crippen molar-refractivity contribution in [2.24, 2.45) is 0 Å². The lowest BCUT2D eigenvalue weighted by atomic mass is 10.1. The molecule has 10 heteroatoms. The number of amides is 3. The van der Waals surface area contributed by atoms with Crippen molar-refractivity contribution in [3.63, 3.8) is 0 Å². The summed E-state index contributed by atoms with van der Waals surface area (Å²) in [7, 11) is 1.60. The Morgan fingerprint density at radius 3 is 2.58 bits per heavy atom. The van der Waals surface area contributed by atoms with Crippen molar-refractivity contribution in [3.05, 3.63) is 47.8 Å². The van der Waals surface area contributed by atoms with Gasteiger partial charge >= 0.3 is 12.0 Å². The molecule has 2 N–H and O–H groups in total. The zero-order valence-electron chi connectivity index (χ0n) is 18.7. The molecule has 0 bridgehead atoms. The van der Waals surface area contributed by atoms with Crippen molar-refractivity contribution in [1.82, 2.24) is 19.8 Å². The molecule has 0 unspecified atom stereocenters. The minimum absolute atomic E-state index is 0.00117. The average molecular weight is 456 g/mol. The van der Waals surface area contributed by atoms with Crippen LogP contribution >= 0.6 is 0 Å². The van der Waals surface area contributed by atoms with Gasteiger partial charge in [-0.3, -0.25) is 9.59 Å². The predicted molar refractivity (Wildman–Crippen MR) is 121 cm³/mol. The molecule has 2 aliphatic rings. The number of aryl methyl sites for hydroxylation is 2. The van der Waals surface area contributed by atoms with Crippen LogP contribution < -0.4 is 10.1 Å². The molecule has 4 heterocycles. The molecule has 176 valence electrons. The van der Waals surface area contributed by atoms with Crippen LogP contribution in [0.1, 0.15) is 30.5 Å². The van der Waals surface area contributed by atoms with E-state index in [0.29, 0.717) is 37.8 Å². The highest BCUT2D eigenvalue weighted by atomic mass is 16.5. The van der Waals surface area contributed by atoms with E-state index in [1.165, 1.54) is 0 Å². The summed E-state index contributed by atoms with van der Waals surface area (Å²) in [5.41, 5.74) is 1.96. The SMILES string of the molecule is COc1ccccn1.O=C(O)CCN1CCN(CCCc2ccc3c(n2)NC(=O)CC3)C1=O. The number of carboxylic acid groups (broad SMARTS) is 1. The van der Waals surface area contributed by atoms with Crippen molar-refractivity contribution in [2.75, 3.05) is 38.6 Å². The summed E-state index contributed by atoms with van der Waals surface area (Å²) in [4.78, 5) is 46.0. The number of rotatable bonds is 8. The highest BCUT2D eigenvalue weighted by Gasteiger charge is 2.27. The largest absolute Gasteiger partial charge is 0.481 e. The number of pyridine rings is 2. The van der Waals surface area contributed by atoms with Gasteiger partial charge in [-0.15, -0.1) is 0 Å². The van der Waals surface area contributed by atoms with Crippen molar-refractivity contribution in [2.45, 2.75) is 32.1 Å². The first-order valence-corrected chi connectivity index (χ1v) is 11.0. The van der Waals surface area contributed by atoms with Crippen LogP contribution in [0.15, 0.2) is 36.5 Å². The lowest BCUT2D eigenvalue weighted by molar-refractivity contribution is -0.137. The molecule has 0 radical (unpaired) electrons. The van der Waals surface area contributed by atoms with Crippen LogP contribution in [-0.2, 0) is 22.4 Å². The van der Waals surface area contributed by atoms with Gasteiger partial charge in [0.2, 0.25) is 11.8 Å². The Kier molecular flexibility index (Phi) is 8.56. The summed E-state index contributed by atoms with van der Waals surface area (Å²) in [6.45, 7) is 2.09. The number of nitrogens with one attached hydrogen (secondary N) is 1. The van der Waals surface area contributed by atoms with E-state index in [9.17, 15) is 14.4 Å². The first kappa shape index (κ1) is 24.0. The molecule has 1 fully saturated rings. The summed E-state index contributed by atoms with van der Waals surface area (Å²) in [5, 5.41) is 11.5. The Morgan fingerprint density at radius 2 is 1.91 bits per heavy atom. The maximum atomic E-state index is 12.2. The highest BCUT2D eigenvalue weighted by Crippen LogP contribution is 2.21. The van der Waals surface area contributed by atoms with E-state index in [4.69, 9.17) is 9.84 Å². The summed E-state index contributed by atoms with van der Waals surface area (Å²) in [5.74, 6) is 0.427. The number of methoxy groups -OCH3 is 1. The second-order valence-electron chi connectivity index (χ2n) is 7.73. The summed E-state index contributed by atoms with van der Waals surface area (Å²) < 4.78 is 4.80. The van der Waals surface area contributed by atoms with Gasteiger partial charge in [-0.05, 0) is 37.0 Å². The summed E-state index contributed by atoms with van der Waals surface area (Å²) >= 11 is 0. The molecule has 0 saturated carbocycles. The molecule has 3 amide bonds. The zero-order valence-corrected chi connectivity index (χ0v) is 18.7. The number of carbonyl (C=O) groups excluding carboxylic acids is 2. The number of carbonyl (C=O) groups is 3. The fourth-order valence-electron chi connectivity index (χ4n) is 3.62. The number of carboxylic acids is 1. The number of anilines is 1. The van der Waals surface area contributed by atoms with E-state index in [2.05, 4.69) is 15.3 Å². The third kappa shape index (κ3) is 7.16. The Labute approximate surface area is 192 Å². The Balaban J connectivity index is 0.000000323. The molecule has 0 aliphatic carbocycles. The first-order chi connectivity index (χ1) is 16.0. The van der Waals surface area contributed by atoms with Gasteiger partial charge in [0.05, 0.1) is 13.5 Å². The number of urea groups is 1. The molecule has 2 aromatic heterocycles. The molecular weight excluding hydrogens is 426 g/mol. The molecule has 0 spiro atoms. The number of hydrogen-bond donors (Lipinski definition) is 2. The average Bonchev–Trinajstić information content (AvgIpc) is 3.17. The van der Waals surface area contributed by atoms with E-state index in [1.807, 2.05) is 24.3 Å². The number of fused-ring (bicyclic) bond motifs is 1. The second-order valence-corrected chi connectivity index (χ2v) is 7.73. The topological polar surface area (TPSA) is 125 Å². The fourth-order valence-corrected chi connectivity index (χ4v) is 3.62. The molecule has 0 atom stereocenters. The van der Waals surface area contributed by atoms with Crippen LogP contribution in [0.25, 0.3) is 0 Å². The maximum Gasteiger partial charge on any atom is 0.320 e. The van der Waals surface area contributed by atoms with Gasteiger partial charge in [0.1, 0.15) is 5.82 Å². The zero-order chi connectivity index (χ0) is 23.6. The van der Waals surface area contributed by atoms with E-state index in [-0.39, 0.29) is 24.9 Å². The van der Waals surface area contributed by atoms with Gasteiger partial charge in [0.15, 0.2) is 0 Å². The molecule has 33 heavy (non-hydrogen) atoms. The summed E-state index contributed by atoms with van der Waals surface area (Å²) in [6, 6.07) is 9.42. The van der Waals surface area contributed by atoms with Gasteiger partial charge in [-0.25, -0.2) is 14.8 Å². The molecule has 1 saturated heterocycles. The van der Waals surface area contributed by atoms with Gasteiger partial charge < -0.3 is 25.0 Å². The van der Waals surface area contributed by atoms with Crippen molar-refractivity contribution in [3.8, 4) is 5.88 Å². The van der Waals surface area contributed by atoms with Gasteiger partial charge in [-0.2, -0.15) is 0 Å². The minimum atomic E-state index is -0.892. The normalized spacial score (nSPS) is 14.8. The Morgan fingerprint density at radius 1 is 1.12 bits per heavy atom. The van der Waals surface area contributed by atoms with E-state index in [1.54, 1.807) is 29.2 Å². The lowest BCUT2D eigenvalue weighted by Gasteiger charge is -2.18. The number of hydrogen-bond acceptors (Lipinski definition) is 6.